The second-order valence-corrected chi connectivity index (χ2v) is 12.2. The van der Waals surface area contributed by atoms with E-state index in [1.165, 1.54) is 12.1 Å². The molecule has 0 bridgehead atoms. The lowest BCUT2D eigenvalue weighted by Gasteiger charge is -2.35. The summed E-state index contributed by atoms with van der Waals surface area (Å²) < 4.78 is 71.1. The molecule has 0 N–H and O–H groups in total. The van der Waals surface area contributed by atoms with Crippen LogP contribution in [0.1, 0.15) is 65.2 Å². The Labute approximate surface area is 200 Å². The molecule has 0 amide bonds. The van der Waals surface area contributed by atoms with Gasteiger partial charge in [-0.2, -0.15) is 21.6 Å². The maximum atomic E-state index is 12.7. The van der Waals surface area contributed by atoms with Gasteiger partial charge in [0.25, 0.3) is 0 Å². The summed E-state index contributed by atoms with van der Waals surface area (Å²) in [5.41, 5.74) is -0.902. The number of hydrogen-bond acceptors (Lipinski definition) is 5. The smallest absolute Gasteiger partial charge is 0.492 e. The van der Waals surface area contributed by atoms with Crippen LogP contribution in [0.2, 0.25) is 0 Å². The molecule has 0 saturated heterocycles. The van der Waals surface area contributed by atoms with Gasteiger partial charge in [-0.15, -0.1) is 0 Å². The third kappa shape index (κ3) is 4.72. The van der Waals surface area contributed by atoms with Gasteiger partial charge in [0.1, 0.15) is 11.5 Å². The first-order valence-corrected chi connectivity index (χ1v) is 12.5. The zero-order chi connectivity index (χ0) is 25.9. The van der Waals surface area contributed by atoms with E-state index in [9.17, 15) is 21.6 Å². The first kappa shape index (κ1) is 26.2. The SMILES string of the molecule is Cc1c(N(c2ccc(OS(=O)(=O)C(F)(F)F)cc2)C(C)C)cc2c(c1C(C)(C)C)OCC2(C)C. The minimum absolute atomic E-state index is 0.000628. The van der Waals surface area contributed by atoms with Crippen LogP contribution in [0.5, 0.6) is 11.5 Å². The van der Waals surface area contributed by atoms with Crippen molar-refractivity contribution in [2.24, 2.45) is 0 Å². The molecule has 0 spiro atoms. The Morgan fingerprint density at radius 3 is 2.12 bits per heavy atom. The van der Waals surface area contributed by atoms with Crippen molar-refractivity contribution in [2.45, 2.75) is 77.8 Å². The van der Waals surface area contributed by atoms with Crippen LogP contribution in [-0.2, 0) is 20.9 Å². The van der Waals surface area contributed by atoms with Crippen molar-refractivity contribution >= 4 is 21.5 Å². The topological polar surface area (TPSA) is 55.8 Å². The van der Waals surface area contributed by atoms with Crippen molar-refractivity contribution in [1.82, 2.24) is 0 Å². The van der Waals surface area contributed by atoms with Gasteiger partial charge >= 0.3 is 15.6 Å². The van der Waals surface area contributed by atoms with Crippen LogP contribution < -0.4 is 13.8 Å². The number of nitrogens with zero attached hydrogens (tertiary/aromatic N) is 1. The lowest BCUT2D eigenvalue weighted by molar-refractivity contribution is -0.0500. The maximum Gasteiger partial charge on any atom is 0.534 e. The number of fused-ring (bicyclic) bond motifs is 1. The van der Waals surface area contributed by atoms with Gasteiger partial charge in [0.05, 0.1) is 6.61 Å². The number of hydrogen-bond donors (Lipinski definition) is 0. The molecule has 0 unspecified atom stereocenters. The molecule has 9 heteroatoms. The average Bonchev–Trinajstić information content (AvgIpc) is 2.95. The fourth-order valence-electron chi connectivity index (χ4n) is 4.43. The van der Waals surface area contributed by atoms with Gasteiger partial charge in [0.15, 0.2) is 0 Å². The zero-order valence-corrected chi connectivity index (χ0v) is 21.6. The molecule has 0 aromatic heterocycles. The van der Waals surface area contributed by atoms with Crippen LogP contribution in [-0.4, -0.2) is 26.6 Å². The van der Waals surface area contributed by atoms with Crippen LogP contribution in [0.25, 0.3) is 0 Å². The zero-order valence-electron chi connectivity index (χ0n) is 20.8. The first-order valence-electron chi connectivity index (χ1n) is 11.1. The van der Waals surface area contributed by atoms with Gasteiger partial charge in [-0.3, -0.25) is 0 Å². The van der Waals surface area contributed by atoms with Crippen LogP contribution in [0, 0.1) is 6.92 Å². The molecule has 188 valence electrons. The van der Waals surface area contributed by atoms with Gasteiger partial charge < -0.3 is 13.8 Å². The molecule has 0 fully saturated rings. The van der Waals surface area contributed by atoms with Gasteiger partial charge in [0.2, 0.25) is 0 Å². The molecular weight excluding hydrogens is 467 g/mol. The normalized spacial score (nSPS) is 15.8. The van der Waals surface area contributed by atoms with Crippen molar-refractivity contribution in [3.8, 4) is 11.5 Å². The van der Waals surface area contributed by atoms with Gasteiger partial charge in [-0.1, -0.05) is 34.6 Å². The van der Waals surface area contributed by atoms with E-state index < -0.39 is 21.4 Å². The van der Waals surface area contributed by atoms with E-state index in [2.05, 4.69) is 49.8 Å². The number of benzene rings is 2. The summed E-state index contributed by atoms with van der Waals surface area (Å²) in [5.74, 6) is 0.518. The summed E-state index contributed by atoms with van der Waals surface area (Å²) >= 11 is 0. The Bertz CT molecular complexity index is 1180. The van der Waals surface area contributed by atoms with E-state index in [4.69, 9.17) is 4.74 Å². The van der Waals surface area contributed by atoms with Gasteiger partial charge in [-0.25, -0.2) is 0 Å². The van der Waals surface area contributed by atoms with Gasteiger partial charge in [0, 0.05) is 34.0 Å². The predicted molar refractivity (Wildman–Crippen MR) is 128 cm³/mol. The molecule has 3 rings (SSSR count). The van der Waals surface area contributed by atoms with Crippen LogP contribution in [0.15, 0.2) is 30.3 Å². The Morgan fingerprint density at radius 2 is 1.65 bits per heavy atom. The molecule has 1 heterocycles. The van der Waals surface area contributed by atoms with Crippen molar-refractivity contribution < 1.29 is 30.5 Å². The molecule has 2 aromatic carbocycles. The number of rotatable bonds is 5. The molecule has 0 radical (unpaired) electrons. The predicted octanol–water partition coefficient (Wildman–Crippen LogP) is 6.74. The van der Waals surface area contributed by atoms with Gasteiger partial charge in [-0.05, 0) is 62.1 Å². The van der Waals surface area contributed by atoms with E-state index in [1.54, 1.807) is 12.1 Å². The van der Waals surface area contributed by atoms with E-state index >= 15 is 0 Å². The molecular formula is C25H32F3NO4S. The highest BCUT2D eigenvalue weighted by Gasteiger charge is 2.48. The van der Waals surface area contributed by atoms with Crippen molar-refractivity contribution in [1.29, 1.82) is 0 Å². The molecule has 34 heavy (non-hydrogen) atoms. The fourth-order valence-corrected chi connectivity index (χ4v) is 4.89. The number of alkyl halides is 3. The van der Waals surface area contributed by atoms with Crippen molar-refractivity contribution in [3.63, 3.8) is 0 Å². The van der Waals surface area contributed by atoms with Crippen LogP contribution >= 0.6 is 0 Å². The number of ether oxygens (including phenoxy) is 1. The molecule has 0 atom stereocenters. The monoisotopic (exact) mass is 499 g/mol. The molecule has 1 aliphatic rings. The Balaban J connectivity index is 2.13. The highest BCUT2D eigenvalue weighted by Crippen LogP contribution is 2.50. The number of anilines is 2. The quantitative estimate of drug-likeness (QED) is 0.337. The summed E-state index contributed by atoms with van der Waals surface area (Å²) in [7, 11) is -5.73. The second-order valence-electron chi connectivity index (χ2n) is 10.6. The third-order valence-electron chi connectivity index (χ3n) is 5.95. The summed E-state index contributed by atoms with van der Waals surface area (Å²) in [6.07, 6.45) is 0. The minimum Gasteiger partial charge on any atom is -0.492 e. The van der Waals surface area contributed by atoms with E-state index in [0.29, 0.717) is 12.3 Å². The molecule has 2 aromatic rings. The summed E-state index contributed by atoms with van der Waals surface area (Å²) in [5, 5.41) is 0. The fraction of sp³-hybridized carbons (Fsp3) is 0.520. The second kappa shape index (κ2) is 8.36. The van der Waals surface area contributed by atoms with E-state index in [1.807, 2.05) is 20.8 Å². The number of halogens is 3. The Hall–Kier alpha value is -2.42. The average molecular weight is 500 g/mol. The standard InChI is InChI=1S/C25H32F3NO4S/c1-15(2)29(17-9-11-18(12-10-17)33-34(30,31)25(26,27)28)20-13-19-22(32-14-24(19,7)8)21(16(20)3)23(4,5)6/h9-13,15H,14H2,1-8H3. The summed E-state index contributed by atoms with van der Waals surface area (Å²) in [6.45, 7) is 17.4. The highest BCUT2D eigenvalue weighted by atomic mass is 32.2. The summed E-state index contributed by atoms with van der Waals surface area (Å²) in [6, 6.07) is 7.72. The largest absolute Gasteiger partial charge is 0.534 e. The van der Waals surface area contributed by atoms with Crippen LogP contribution in [0.4, 0.5) is 24.5 Å². The minimum atomic E-state index is -5.73. The lowest BCUT2D eigenvalue weighted by atomic mass is 9.77. The van der Waals surface area contributed by atoms with Crippen molar-refractivity contribution in [2.75, 3.05) is 11.5 Å². The van der Waals surface area contributed by atoms with E-state index in [0.717, 1.165) is 28.1 Å². The highest BCUT2D eigenvalue weighted by molar-refractivity contribution is 7.88. The summed E-state index contributed by atoms with van der Waals surface area (Å²) in [4.78, 5) is 2.08. The maximum absolute atomic E-state index is 12.7. The molecule has 1 aliphatic heterocycles. The van der Waals surface area contributed by atoms with Crippen LogP contribution in [0.3, 0.4) is 0 Å². The van der Waals surface area contributed by atoms with Crippen molar-refractivity contribution in [3.05, 3.63) is 47.0 Å². The lowest BCUT2D eigenvalue weighted by Crippen LogP contribution is -2.29. The van der Waals surface area contributed by atoms with E-state index in [-0.39, 0.29) is 16.9 Å². The molecule has 0 saturated carbocycles. The molecule has 0 aliphatic carbocycles. The first-order chi connectivity index (χ1) is 15.4. The Kier molecular flexibility index (Phi) is 6.44. The molecule has 5 nitrogen and oxygen atoms in total. The Morgan fingerprint density at radius 1 is 1.09 bits per heavy atom. The third-order valence-corrected chi connectivity index (χ3v) is 6.93.